The van der Waals surface area contributed by atoms with Crippen molar-refractivity contribution < 1.29 is 40.2 Å². The second-order valence-corrected chi connectivity index (χ2v) is 4.62. The van der Waals surface area contributed by atoms with Crippen LogP contribution in [0.25, 0.3) is 0 Å². The van der Waals surface area contributed by atoms with Gasteiger partial charge in [0.05, 0.1) is 18.8 Å². The van der Waals surface area contributed by atoms with E-state index < -0.39 is 17.9 Å². The maximum atomic E-state index is 10.5. The second-order valence-electron chi connectivity index (χ2n) is 4.07. The molecule has 0 aliphatic rings. The summed E-state index contributed by atoms with van der Waals surface area (Å²) >= 11 is 9.88. The van der Waals surface area contributed by atoms with E-state index in [1.165, 1.54) is 37.0 Å². The van der Waals surface area contributed by atoms with Crippen molar-refractivity contribution in [2.45, 2.75) is 0 Å². The molecule has 0 aliphatic carbocycles. The predicted octanol–water partition coefficient (Wildman–Crippen LogP) is 3.84. The van der Waals surface area contributed by atoms with Crippen molar-refractivity contribution in [3.05, 3.63) is 72.5 Å². The molecule has 3 aromatic heterocycles. The third-order valence-corrected chi connectivity index (χ3v) is 2.91. The number of carbonyl (C=O) groups excluding carboxylic acids is 3. The highest BCUT2D eigenvalue weighted by atomic mass is 32.1. The molecule has 0 aliphatic heterocycles. The SMILES string of the molecule is O=C(OS)c1ccco1.O=C(OS)c1ccco1.O=C(OS)c1ccco1. The first-order valence-electron chi connectivity index (χ1n) is 6.71. The molecule has 0 unspecified atom stereocenters. The molecule has 9 nitrogen and oxygen atoms in total. The zero-order valence-corrected chi connectivity index (χ0v) is 15.9. The van der Waals surface area contributed by atoms with Crippen LogP contribution in [0, 0.1) is 0 Å². The third kappa shape index (κ3) is 8.02. The van der Waals surface area contributed by atoms with Crippen LogP contribution in [0.5, 0.6) is 0 Å². The highest BCUT2D eigenvalue weighted by Crippen LogP contribution is 2.03. The molecule has 144 valence electrons. The molecule has 3 aromatic rings. The van der Waals surface area contributed by atoms with Gasteiger partial charge >= 0.3 is 17.9 Å². The number of furan rings is 3. The van der Waals surface area contributed by atoms with Crippen molar-refractivity contribution >= 4 is 56.6 Å². The minimum absolute atomic E-state index is 0.157. The minimum Gasteiger partial charge on any atom is -0.457 e. The fourth-order valence-corrected chi connectivity index (χ4v) is 1.59. The first-order valence-corrected chi connectivity index (χ1v) is 7.80. The van der Waals surface area contributed by atoms with Crippen molar-refractivity contribution in [1.29, 1.82) is 0 Å². The van der Waals surface area contributed by atoms with E-state index in [2.05, 4.69) is 64.5 Å². The summed E-state index contributed by atoms with van der Waals surface area (Å²) in [6.45, 7) is 0. The molecule has 0 fully saturated rings. The summed E-state index contributed by atoms with van der Waals surface area (Å²) in [7, 11) is 0. The van der Waals surface area contributed by atoms with Crippen LogP contribution in [0.4, 0.5) is 0 Å². The number of rotatable bonds is 3. The van der Waals surface area contributed by atoms with E-state index in [1.54, 1.807) is 18.2 Å². The third-order valence-electron chi connectivity index (χ3n) is 2.42. The van der Waals surface area contributed by atoms with E-state index in [4.69, 9.17) is 0 Å². The molecule has 0 saturated heterocycles. The Kier molecular flexibility index (Phi) is 10.4. The van der Waals surface area contributed by atoms with Crippen LogP contribution in [-0.2, 0) is 12.5 Å². The summed E-state index contributed by atoms with van der Waals surface area (Å²) in [4.78, 5) is 31.4. The Bertz CT molecular complexity index is 686. The van der Waals surface area contributed by atoms with E-state index in [0.717, 1.165) is 0 Å². The van der Waals surface area contributed by atoms with Crippen LogP contribution < -0.4 is 0 Å². The lowest BCUT2D eigenvalue weighted by atomic mass is 10.5. The topological polar surface area (TPSA) is 118 Å². The van der Waals surface area contributed by atoms with Gasteiger partial charge in [0.25, 0.3) is 0 Å². The Morgan fingerprint density at radius 2 is 0.852 bits per heavy atom. The predicted molar refractivity (Wildman–Crippen MR) is 99.3 cm³/mol. The molecular weight excluding hydrogens is 420 g/mol. The van der Waals surface area contributed by atoms with E-state index in [9.17, 15) is 14.4 Å². The Morgan fingerprint density at radius 3 is 1.00 bits per heavy atom. The summed E-state index contributed by atoms with van der Waals surface area (Å²) in [5.74, 6) is -1.27. The summed E-state index contributed by atoms with van der Waals surface area (Å²) in [6, 6.07) is 9.29. The molecule has 3 rings (SSSR count). The monoisotopic (exact) mass is 432 g/mol. The highest BCUT2D eigenvalue weighted by Gasteiger charge is 2.07. The molecule has 0 N–H and O–H groups in total. The lowest BCUT2D eigenvalue weighted by molar-refractivity contribution is 0.0730. The lowest BCUT2D eigenvalue weighted by Gasteiger charge is -1.87. The molecular formula is C15H12O9S3. The fourth-order valence-electron chi connectivity index (χ4n) is 1.32. The average Bonchev–Trinajstić information content (AvgIpc) is 3.48. The normalized spacial score (nSPS) is 9.00. The van der Waals surface area contributed by atoms with Gasteiger partial charge in [-0.3, -0.25) is 0 Å². The molecule has 0 bridgehead atoms. The first-order chi connectivity index (χ1) is 13.0. The molecule has 0 atom stereocenters. The van der Waals surface area contributed by atoms with E-state index in [1.807, 2.05) is 0 Å². The largest absolute Gasteiger partial charge is 0.457 e. The number of hydrogen-bond acceptors (Lipinski definition) is 12. The van der Waals surface area contributed by atoms with E-state index in [-0.39, 0.29) is 17.3 Å². The quantitative estimate of drug-likeness (QED) is 0.322. The lowest BCUT2D eigenvalue weighted by Crippen LogP contribution is -1.93. The maximum absolute atomic E-state index is 10.5. The smallest absolute Gasteiger partial charge is 0.386 e. The Labute approximate surface area is 169 Å². The van der Waals surface area contributed by atoms with Crippen molar-refractivity contribution in [2.24, 2.45) is 0 Å². The fraction of sp³-hybridized carbons (Fsp3) is 0. The van der Waals surface area contributed by atoms with Gasteiger partial charge in [0, 0.05) is 38.7 Å². The van der Waals surface area contributed by atoms with Gasteiger partial charge in [-0.2, -0.15) is 0 Å². The molecule has 12 heteroatoms. The van der Waals surface area contributed by atoms with E-state index in [0.29, 0.717) is 0 Å². The van der Waals surface area contributed by atoms with Crippen molar-refractivity contribution in [3.8, 4) is 0 Å². The van der Waals surface area contributed by atoms with Crippen molar-refractivity contribution in [1.82, 2.24) is 0 Å². The standard InChI is InChI=1S/3C5H4O3S/c3*6-5(8-9)4-2-1-3-7-4/h3*1-3,9H. The van der Waals surface area contributed by atoms with Crippen LogP contribution >= 0.6 is 38.7 Å². The molecule has 0 spiro atoms. The number of thiol groups is 3. The zero-order valence-electron chi connectivity index (χ0n) is 13.2. The van der Waals surface area contributed by atoms with Gasteiger partial charge in [0.2, 0.25) is 17.3 Å². The van der Waals surface area contributed by atoms with Gasteiger partial charge in [-0.15, -0.1) is 0 Å². The van der Waals surface area contributed by atoms with Gasteiger partial charge in [-0.1, -0.05) is 0 Å². The van der Waals surface area contributed by atoms with Crippen molar-refractivity contribution in [2.75, 3.05) is 0 Å². The van der Waals surface area contributed by atoms with Crippen LogP contribution in [0.15, 0.2) is 68.4 Å². The average molecular weight is 432 g/mol. The first kappa shape index (κ1) is 22.3. The van der Waals surface area contributed by atoms with Crippen LogP contribution in [-0.4, -0.2) is 17.9 Å². The van der Waals surface area contributed by atoms with Gasteiger partial charge in [-0.05, 0) is 36.4 Å². The van der Waals surface area contributed by atoms with Crippen molar-refractivity contribution in [3.63, 3.8) is 0 Å². The van der Waals surface area contributed by atoms with Gasteiger partial charge in [0.15, 0.2) is 0 Å². The summed E-state index contributed by atoms with van der Waals surface area (Å²) < 4.78 is 26.2. The summed E-state index contributed by atoms with van der Waals surface area (Å²) in [5, 5.41) is 0. The molecule has 0 amide bonds. The molecule has 0 aromatic carbocycles. The van der Waals surface area contributed by atoms with Gasteiger partial charge in [-0.25, -0.2) is 14.4 Å². The summed E-state index contributed by atoms with van der Waals surface area (Å²) in [6.07, 6.45) is 4.17. The van der Waals surface area contributed by atoms with E-state index >= 15 is 0 Å². The molecule has 3 heterocycles. The van der Waals surface area contributed by atoms with Crippen LogP contribution in [0.3, 0.4) is 0 Å². The Morgan fingerprint density at radius 1 is 0.593 bits per heavy atom. The highest BCUT2D eigenvalue weighted by molar-refractivity contribution is 7.75. The zero-order chi connectivity index (χ0) is 20.1. The van der Waals surface area contributed by atoms with Crippen LogP contribution in [0.2, 0.25) is 0 Å². The minimum atomic E-state index is -0.580. The van der Waals surface area contributed by atoms with Gasteiger partial charge in [0.1, 0.15) is 0 Å². The Balaban J connectivity index is 0.000000202. The maximum Gasteiger partial charge on any atom is 0.386 e. The second kappa shape index (κ2) is 12.6. The number of hydrogen-bond donors (Lipinski definition) is 3. The van der Waals surface area contributed by atoms with Gasteiger partial charge < -0.3 is 25.8 Å². The molecule has 0 saturated carbocycles. The van der Waals surface area contributed by atoms with Crippen LogP contribution in [0.1, 0.15) is 31.7 Å². The number of carbonyl (C=O) groups is 3. The Hall–Kier alpha value is -2.70. The molecule has 0 radical (unpaired) electrons. The molecule has 27 heavy (non-hydrogen) atoms. The summed E-state index contributed by atoms with van der Waals surface area (Å²) in [5.41, 5.74) is 0.